The monoisotopic (exact) mass is 440 g/mol. The van der Waals surface area contributed by atoms with Gasteiger partial charge in [0, 0.05) is 17.1 Å². The van der Waals surface area contributed by atoms with E-state index in [0.717, 1.165) is 28.2 Å². The van der Waals surface area contributed by atoms with Crippen molar-refractivity contribution in [3.63, 3.8) is 0 Å². The van der Waals surface area contributed by atoms with Crippen LogP contribution in [0.2, 0.25) is 0 Å². The summed E-state index contributed by atoms with van der Waals surface area (Å²) in [5, 5.41) is 3.18. The van der Waals surface area contributed by atoms with Crippen LogP contribution in [0.5, 0.6) is 5.75 Å². The highest BCUT2D eigenvalue weighted by molar-refractivity contribution is 6.23. The van der Waals surface area contributed by atoms with E-state index in [1.807, 2.05) is 42.5 Å². The zero-order chi connectivity index (χ0) is 23.1. The Hall–Kier alpha value is -4.46. The number of hydrogen-bond donors (Lipinski definition) is 2. The molecule has 0 spiro atoms. The Bertz CT molecular complexity index is 1510. The molecule has 0 fully saturated rings. The van der Waals surface area contributed by atoms with E-state index in [1.165, 1.54) is 4.57 Å². The molecule has 8 nitrogen and oxygen atoms in total. The van der Waals surface area contributed by atoms with Crippen molar-refractivity contribution in [2.24, 2.45) is 0 Å². The van der Waals surface area contributed by atoms with Gasteiger partial charge in [0.2, 0.25) is 0 Å². The normalized spacial score (nSPS) is 12.6. The van der Waals surface area contributed by atoms with Crippen LogP contribution in [0.1, 0.15) is 32.0 Å². The number of carbonyl (C=O) groups is 2. The molecule has 0 atom stereocenters. The number of nitrogens with two attached hydrogens (primary N) is 1. The Balaban J connectivity index is 1.52. The SMILES string of the molecule is COc1cccc2ccc(CCc3ccccc3-n3c(N)c4c(cc3=O)C(=O)NC4=O)nc12. The van der Waals surface area contributed by atoms with Crippen molar-refractivity contribution < 1.29 is 14.3 Å². The lowest BCUT2D eigenvalue weighted by Crippen LogP contribution is -2.25. The van der Waals surface area contributed by atoms with E-state index in [2.05, 4.69) is 5.32 Å². The molecule has 0 unspecified atom stereocenters. The molecule has 3 heterocycles. The average Bonchev–Trinajstić information content (AvgIpc) is 3.10. The standard InChI is InChI=1S/C25H20N4O4/c1-33-19-8-4-6-15-10-12-16(27-22(15)19)11-9-14-5-2-3-7-18(14)29-20(30)13-17-21(23(29)26)25(32)28-24(17)31/h2-8,10,12-13H,9,11,26H2,1H3,(H,28,31,32). The number of nitrogens with one attached hydrogen (secondary N) is 1. The van der Waals surface area contributed by atoms with E-state index in [1.54, 1.807) is 19.2 Å². The first-order valence-corrected chi connectivity index (χ1v) is 10.4. The number of ether oxygens (including phenoxy) is 1. The maximum Gasteiger partial charge on any atom is 0.262 e. The van der Waals surface area contributed by atoms with Gasteiger partial charge in [-0.2, -0.15) is 0 Å². The van der Waals surface area contributed by atoms with Crippen molar-refractivity contribution in [2.75, 3.05) is 12.8 Å². The lowest BCUT2D eigenvalue weighted by molar-refractivity contribution is 0.0880. The third-order valence-corrected chi connectivity index (χ3v) is 5.80. The molecule has 5 rings (SSSR count). The Morgan fingerprint density at radius 1 is 0.970 bits per heavy atom. The van der Waals surface area contributed by atoms with Crippen molar-refractivity contribution in [2.45, 2.75) is 12.8 Å². The van der Waals surface area contributed by atoms with Crippen molar-refractivity contribution in [1.82, 2.24) is 14.9 Å². The fraction of sp³-hybridized carbons (Fsp3) is 0.120. The highest BCUT2D eigenvalue weighted by atomic mass is 16.5. The molecule has 1 aliphatic heterocycles. The van der Waals surface area contributed by atoms with E-state index < -0.39 is 17.4 Å². The Labute approximate surface area is 188 Å². The van der Waals surface area contributed by atoms with Gasteiger partial charge in [0.25, 0.3) is 17.4 Å². The Morgan fingerprint density at radius 2 is 1.79 bits per heavy atom. The van der Waals surface area contributed by atoms with E-state index in [9.17, 15) is 14.4 Å². The van der Waals surface area contributed by atoms with Gasteiger partial charge in [-0.05, 0) is 36.6 Å². The minimum Gasteiger partial charge on any atom is -0.494 e. The number of hydrogen-bond acceptors (Lipinski definition) is 6. The van der Waals surface area contributed by atoms with Gasteiger partial charge < -0.3 is 10.5 Å². The van der Waals surface area contributed by atoms with Crippen LogP contribution in [0.4, 0.5) is 5.82 Å². The number of pyridine rings is 2. The summed E-state index contributed by atoms with van der Waals surface area (Å²) in [7, 11) is 1.62. The third kappa shape index (κ3) is 3.41. The first-order chi connectivity index (χ1) is 16.0. The molecule has 0 radical (unpaired) electrons. The quantitative estimate of drug-likeness (QED) is 0.461. The molecule has 1 aliphatic rings. The number of benzene rings is 2. The molecule has 33 heavy (non-hydrogen) atoms. The van der Waals surface area contributed by atoms with Crippen LogP contribution in [0.3, 0.4) is 0 Å². The zero-order valence-electron chi connectivity index (χ0n) is 17.8. The van der Waals surface area contributed by atoms with Gasteiger partial charge in [-0.15, -0.1) is 0 Å². The number of nitrogens with zero attached hydrogens (tertiary/aromatic N) is 2. The van der Waals surface area contributed by atoms with E-state index >= 15 is 0 Å². The minimum absolute atomic E-state index is 0.00513. The molecular weight excluding hydrogens is 420 g/mol. The number of para-hydroxylation sites is 2. The second-order valence-corrected chi connectivity index (χ2v) is 7.74. The summed E-state index contributed by atoms with van der Waals surface area (Å²) in [5.74, 6) is -0.563. The molecule has 8 heteroatoms. The van der Waals surface area contributed by atoms with Crippen LogP contribution in [-0.2, 0) is 12.8 Å². The van der Waals surface area contributed by atoms with Crippen molar-refractivity contribution in [3.05, 3.63) is 93.4 Å². The van der Waals surface area contributed by atoms with Crippen LogP contribution >= 0.6 is 0 Å². The molecule has 164 valence electrons. The maximum atomic E-state index is 12.9. The molecule has 3 N–H and O–H groups in total. The number of methoxy groups -OCH3 is 1. The third-order valence-electron chi connectivity index (χ3n) is 5.80. The van der Waals surface area contributed by atoms with E-state index in [0.29, 0.717) is 24.3 Å². The summed E-state index contributed by atoms with van der Waals surface area (Å²) >= 11 is 0. The number of rotatable bonds is 5. The summed E-state index contributed by atoms with van der Waals surface area (Å²) < 4.78 is 6.71. The predicted molar refractivity (Wildman–Crippen MR) is 124 cm³/mol. The molecule has 0 saturated heterocycles. The summed E-state index contributed by atoms with van der Waals surface area (Å²) in [5.41, 5.74) is 8.86. The van der Waals surface area contributed by atoms with Gasteiger partial charge in [0.05, 0.1) is 23.9 Å². The molecular formula is C25H20N4O4. The van der Waals surface area contributed by atoms with Crippen molar-refractivity contribution in [3.8, 4) is 11.4 Å². The Kier molecular flexibility index (Phi) is 4.90. The first kappa shape index (κ1) is 20.4. The van der Waals surface area contributed by atoms with Gasteiger partial charge in [0.1, 0.15) is 17.1 Å². The zero-order valence-corrected chi connectivity index (χ0v) is 17.8. The van der Waals surface area contributed by atoms with Gasteiger partial charge in [-0.3, -0.25) is 24.3 Å². The van der Waals surface area contributed by atoms with Gasteiger partial charge in [-0.25, -0.2) is 4.98 Å². The number of aromatic nitrogens is 2. The Morgan fingerprint density at radius 3 is 2.61 bits per heavy atom. The summed E-state index contributed by atoms with van der Waals surface area (Å²) in [6, 6.07) is 18.2. The van der Waals surface area contributed by atoms with Crippen LogP contribution in [-0.4, -0.2) is 28.5 Å². The average molecular weight is 440 g/mol. The minimum atomic E-state index is -0.614. The number of anilines is 1. The highest BCUT2D eigenvalue weighted by Gasteiger charge is 2.32. The molecule has 2 amide bonds. The van der Waals surface area contributed by atoms with E-state index in [-0.39, 0.29) is 16.9 Å². The summed E-state index contributed by atoms with van der Waals surface area (Å²) in [6.45, 7) is 0. The number of carbonyl (C=O) groups excluding carboxylic acids is 2. The molecule has 4 aromatic rings. The van der Waals surface area contributed by atoms with Crippen LogP contribution in [0.25, 0.3) is 16.6 Å². The second kappa shape index (κ2) is 7.90. The molecule has 0 saturated carbocycles. The molecule has 2 aromatic carbocycles. The van der Waals surface area contributed by atoms with Gasteiger partial charge in [-0.1, -0.05) is 36.4 Å². The molecule has 0 bridgehead atoms. The molecule has 0 aliphatic carbocycles. The van der Waals surface area contributed by atoms with Crippen molar-refractivity contribution >= 4 is 28.5 Å². The largest absolute Gasteiger partial charge is 0.494 e. The number of fused-ring (bicyclic) bond motifs is 2. The fourth-order valence-electron chi connectivity index (χ4n) is 4.20. The van der Waals surface area contributed by atoms with Crippen LogP contribution in [0.15, 0.2) is 65.5 Å². The second-order valence-electron chi connectivity index (χ2n) is 7.74. The smallest absolute Gasteiger partial charge is 0.262 e. The fourth-order valence-corrected chi connectivity index (χ4v) is 4.20. The topological polar surface area (TPSA) is 116 Å². The van der Waals surface area contributed by atoms with E-state index in [4.69, 9.17) is 15.5 Å². The predicted octanol–water partition coefficient (Wildman–Crippen LogP) is 2.65. The van der Waals surface area contributed by atoms with Crippen LogP contribution in [0, 0.1) is 0 Å². The number of nitrogen functional groups attached to an aromatic ring is 1. The number of imide groups is 1. The lowest BCUT2D eigenvalue weighted by Gasteiger charge is -2.16. The maximum absolute atomic E-state index is 12.9. The van der Waals surface area contributed by atoms with Crippen molar-refractivity contribution in [1.29, 1.82) is 0 Å². The number of aryl methyl sites for hydroxylation is 2. The summed E-state index contributed by atoms with van der Waals surface area (Å²) in [6.07, 6.45) is 1.20. The van der Waals surface area contributed by atoms with Crippen LogP contribution < -0.4 is 21.3 Å². The summed E-state index contributed by atoms with van der Waals surface area (Å²) in [4.78, 5) is 41.8. The molecule has 2 aromatic heterocycles. The first-order valence-electron chi connectivity index (χ1n) is 10.4. The number of amides is 2. The lowest BCUT2D eigenvalue weighted by atomic mass is 10.0. The highest BCUT2D eigenvalue weighted by Crippen LogP contribution is 2.26. The van der Waals surface area contributed by atoms with Gasteiger partial charge in [0.15, 0.2) is 0 Å². The van der Waals surface area contributed by atoms with Gasteiger partial charge >= 0.3 is 0 Å².